The summed E-state index contributed by atoms with van der Waals surface area (Å²) in [5, 5.41) is 8.47. The van der Waals surface area contributed by atoms with Gasteiger partial charge in [0, 0.05) is 297 Å². The highest BCUT2D eigenvalue weighted by atomic mass is 32.1. The maximum absolute atomic E-state index is 13.7. The molecule has 41 heteroatoms. The molecule has 9 fully saturated rings. The van der Waals surface area contributed by atoms with Crippen LogP contribution in [0.15, 0.2) is 97.8 Å². The molecular formula is C99H146F14N18O2S6Si. The van der Waals surface area contributed by atoms with E-state index in [1.54, 1.807) is 62.9 Å². The Hall–Kier alpha value is -5.10. The van der Waals surface area contributed by atoms with E-state index in [2.05, 4.69) is 151 Å². The average Bonchev–Trinajstić information content (AvgIpc) is 0.982. The predicted molar refractivity (Wildman–Crippen MR) is 539 cm³/mol. The molecule has 2 aromatic carbocycles. The molecule has 9 aliphatic rings. The fourth-order valence-electron chi connectivity index (χ4n) is 19.6. The largest absolute Gasteiger partial charge is 0.401 e. The number of aryl methyl sites for hydroxylation is 1. The average molecular weight is 2110 g/mol. The molecule has 6 saturated heterocycles. The Morgan fingerprint density at radius 1 is 0.350 bits per heavy atom. The van der Waals surface area contributed by atoms with Gasteiger partial charge in [-0.15, -0.1) is 68.0 Å². The number of ether oxygens (including phenoxy) is 1. The number of nitrogens with zero attached hydrogens (tertiary/aromatic N) is 12. The fraction of sp³-hybridized carbons (Fsp3) is 0.697. The van der Waals surface area contributed by atoms with Crippen LogP contribution in [0.4, 0.5) is 61.5 Å². The van der Waals surface area contributed by atoms with Crippen LogP contribution in [0.25, 0.3) is 0 Å². The molecule has 17 rings (SSSR count). The van der Waals surface area contributed by atoms with Gasteiger partial charge in [-0.25, -0.2) is 91.4 Å². The maximum atomic E-state index is 13.7. The summed E-state index contributed by atoms with van der Waals surface area (Å²) in [6.07, 6.45) is 17.7. The highest BCUT2D eigenvalue weighted by molar-refractivity contribution is 7.13. The quantitative estimate of drug-likeness (QED) is 0.0196. The summed E-state index contributed by atoms with van der Waals surface area (Å²) in [7, 11) is -2.66. The van der Waals surface area contributed by atoms with Crippen LogP contribution in [0.3, 0.4) is 0 Å². The van der Waals surface area contributed by atoms with Gasteiger partial charge >= 0.3 is 0 Å². The van der Waals surface area contributed by atoms with Crippen molar-refractivity contribution in [1.29, 1.82) is 0 Å². The van der Waals surface area contributed by atoms with Crippen LogP contribution in [-0.2, 0) is 27.6 Å². The minimum Gasteiger partial charge on any atom is -0.401 e. The van der Waals surface area contributed by atoms with E-state index in [0.29, 0.717) is 143 Å². The minimum atomic E-state index is -2.66. The molecule has 0 amide bonds. The molecule has 0 spiro atoms. The van der Waals surface area contributed by atoms with Gasteiger partial charge in [0.2, 0.25) is 11.8 Å². The van der Waals surface area contributed by atoms with Crippen molar-refractivity contribution in [2.45, 2.75) is 309 Å². The Bertz CT molecular complexity index is 4890. The third kappa shape index (κ3) is 31.5. The monoisotopic (exact) mass is 2100 g/mol. The predicted octanol–water partition coefficient (Wildman–Crippen LogP) is 21.0. The van der Waals surface area contributed by atoms with Crippen LogP contribution in [0.2, 0.25) is 5.04 Å². The zero-order valence-corrected chi connectivity index (χ0v) is 87.8. The topological polar surface area (TPSA) is 271 Å². The summed E-state index contributed by atoms with van der Waals surface area (Å²) in [4.78, 5) is 46.0. The fourth-order valence-corrected chi connectivity index (χ4v) is 31.2. The molecule has 6 aliphatic heterocycles. The SMILES string of the molecule is CC(C)(C)[Si](OCc1ncc(C(CN)N2CCC(F)(F)CC2)s1)(c1ccccc1)c1ccccc1.CC(C)(C)c1ncc(C(CN)N2CCC(F)(F)CC2)s1.CCCc1ncc(C(CN)N2CCC(F)(F)CC2)s1.NCC(c1cnc(C2CCC(F)(F)CC2)s1)N1CCC(F)(F)CC1.NCC(c1cnc(C2CCC(F)(F)CC2)s1)N1CCOCC1.NCC(c1cnc(C2CCC2)s1)N1CCC(F)(F)CC1. The van der Waals surface area contributed by atoms with E-state index >= 15 is 0 Å². The number of alkyl halides is 14. The Balaban J connectivity index is 0.000000153. The Morgan fingerprint density at radius 3 is 0.893 bits per heavy atom. The van der Waals surface area contributed by atoms with E-state index in [4.69, 9.17) is 43.6 Å². The zero-order valence-electron chi connectivity index (χ0n) is 81.9. The Kier molecular flexibility index (Phi) is 41.2. The number of nitrogens with two attached hydrogens (primary N) is 6. The molecule has 3 saturated carbocycles. The van der Waals surface area contributed by atoms with Crippen molar-refractivity contribution in [3.63, 3.8) is 0 Å². The number of morpholine rings is 1. The number of benzene rings is 2. The van der Waals surface area contributed by atoms with Crippen molar-refractivity contribution in [3.8, 4) is 0 Å². The number of hydrogen-bond acceptors (Lipinski definition) is 26. The lowest BCUT2D eigenvalue weighted by atomic mass is 9.86. The first-order valence-corrected chi connectivity index (χ1v) is 56.6. The van der Waals surface area contributed by atoms with Gasteiger partial charge in [0.05, 0.1) is 81.1 Å². The van der Waals surface area contributed by atoms with Crippen LogP contribution in [0.5, 0.6) is 0 Å². The molecule has 20 nitrogen and oxygen atoms in total. The van der Waals surface area contributed by atoms with E-state index < -0.39 is 49.8 Å². The molecule has 6 atom stereocenters. The second kappa shape index (κ2) is 50.7. The number of rotatable bonds is 28. The first-order valence-electron chi connectivity index (χ1n) is 49.8. The highest BCUT2D eigenvalue weighted by Crippen LogP contribution is 2.49. The molecule has 6 unspecified atom stereocenters. The van der Waals surface area contributed by atoms with Gasteiger partial charge < -0.3 is 43.6 Å². The molecular weight excluding hydrogens is 1960 g/mol. The normalized spacial score (nSPS) is 22.6. The molecule has 3 aliphatic carbocycles. The summed E-state index contributed by atoms with van der Waals surface area (Å²) >= 11 is 9.76. The summed E-state index contributed by atoms with van der Waals surface area (Å²) in [6, 6.07) is 21.1. The van der Waals surface area contributed by atoms with Gasteiger partial charge in [0.25, 0.3) is 37.9 Å². The highest BCUT2D eigenvalue weighted by Gasteiger charge is 2.52. The first kappa shape index (κ1) is 114. The lowest BCUT2D eigenvalue weighted by Crippen LogP contribution is -2.66. The van der Waals surface area contributed by atoms with Crippen LogP contribution in [0, 0.1) is 0 Å². The molecule has 0 bridgehead atoms. The Labute approximate surface area is 842 Å². The summed E-state index contributed by atoms with van der Waals surface area (Å²) in [6.45, 7) is 25.3. The second-order valence-corrected chi connectivity index (χ2v) is 51.6. The lowest BCUT2D eigenvalue weighted by molar-refractivity contribution is -0.0630. The molecule has 8 aromatic rings. The molecule has 782 valence electrons. The number of aromatic nitrogens is 6. The third-order valence-corrected chi connectivity index (χ3v) is 41.0. The summed E-state index contributed by atoms with van der Waals surface area (Å²) in [5.41, 5.74) is 35.5. The van der Waals surface area contributed by atoms with Gasteiger partial charge in [0.15, 0.2) is 0 Å². The number of hydrogen-bond donors (Lipinski definition) is 6. The van der Waals surface area contributed by atoms with E-state index in [9.17, 15) is 61.5 Å². The molecule has 12 N–H and O–H groups in total. The lowest BCUT2D eigenvalue weighted by Gasteiger charge is -2.42. The van der Waals surface area contributed by atoms with Crippen molar-refractivity contribution >= 4 is 86.7 Å². The van der Waals surface area contributed by atoms with Crippen molar-refractivity contribution in [2.75, 3.05) is 131 Å². The Morgan fingerprint density at radius 2 is 0.614 bits per heavy atom. The van der Waals surface area contributed by atoms with Crippen LogP contribution < -0.4 is 44.8 Å². The standard InChI is InChI=1S/C27H35F2N3OSSi.C16H23F4N3S.C15H23F2N3OS.C14H21F2N3S.C14H23F2N3S.C13H21F2N3S/c1-26(2,3)35(21-10-6-4-7-11-21,22-12-8-5-9-13-22)33-20-25-31-19-24(34-25)23(18-30)32-16-14-27(28,29)15-17-32;17-15(18)3-1-11(2-4-15)14-22-10-13(24-14)12(9-21)23-7-5-16(19,20)6-8-23;16-15(17)3-1-11(2-4-15)14-19-10-13(22-14)12(9-18)20-5-7-21-8-6-20;15-14(16)4-6-19(7-5-14)11(8-17)12-9-18-13(20-12)10-2-1-3-10;1-13(2,3)12-18-9-11(20-12)10(8-17)19-6-4-14(15,16)5-7-19;1-2-3-12-17-9-11(19-12)10(8-16)18-6-4-13(14,15)5-7-18/h4-13,19,23H,14-18,20,30H2,1-3H3;10-12H,1-9,21H2;10-12H,1-9,18H2;9-11H,1-8,17H2;9-10H,4-8,17H2,1-3H3;9-10H,2-8,16H2,1H3. The number of halogens is 14. The van der Waals surface area contributed by atoms with Gasteiger partial charge in [-0.05, 0) is 66.8 Å². The molecule has 140 heavy (non-hydrogen) atoms. The number of piperidine rings is 5. The van der Waals surface area contributed by atoms with E-state index in [0.717, 1.165) is 93.4 Å². The maximum Gasteiger partial charge on any atom is 0.261 e. The van der Waals surface area contributed by atoms with E-state index in [-0.39, 0.29) is 148 Å². The first-order chi connectivity index (χ1) is 66.4. The van der Waals surface area contributed by atoms with Gasteiger partial charge in [-0.3, -0.25) is 29.4 Å². The van der Waals surface area contributed by atoms with Crippen molar-refractivity contribution in [3.05, 3.63) is 157 Å². The van der Waals surface area contributed by atoms with Crippen molar-refractivity contribution < 1.29 is 70.6 Å². The van der Waals surface area contributed by atoms with Gasteiger partial charge in [-0.1, -0.05) is 116 Å². The minimum absolute atomic E-state index is 0.0109. The second-order valence-electron chi connectivity index (χ2n) is 40.6. The van der Waals surface area contributed by atoms with Crippen LogP contribution in [-0.4, -0.2) is 240 Å². The summed E-state index contributed by atoms with van der Waals surface area (Å²) in [5.74, 6) is -16.8. The van der Waals surface area contributed by atoms with Gasteiger partial charge in [0.1, 0.15) is 5.01 Å². The number of thiazole rings is 6. The van der Waals surface area contributed by atoms with Crippen LogP contribution in [0.1, 0.15) is 303 Å². The molecule has 6 aromatic heterocycles. The smallest absolute Gasteiger partial charge is 0.261 e. The van der Waals surface area contributed by atoms with E-state index in [1.807, 2.05) is 48.0 Å². The summed E-state index contributed by atoms with van der Waals surface area (Å²) < 4.78 is 199. The zero-order chi connectivity index (χ0) is 101. The van der Waals surface area contributed by atoms with Crippen molar-refractivity contribution in [1.82, 2.24) is 59.3 Å². The number of likely N-dealkylation sites (tertiary alicyclic amines) is 5. The van der Waals surface area contributed by atoms with Crippen LogP contribution >= 0.6 is 68.0 Å². The van der Waals surface area contributed by atoms with Gasteiger partial charge in [-0.2, -0.15) is 0 Å². The van der Waals surface area contributed by atoms with E-state index in [1.165, 1.54) is 46.0 Å². The molecule has 0 radical (unpaired) electrons. The molecule has 12 heterocycles. The third-order valence-electron chi connectivity index (χ3n) is 28.5. The van der Waals surface area contributed by atoms with Crippen molar-refractivity contribution in [2.24, 2.45) is 34.4 Å².